The summed E-state index contributed by atoms with van der Waals surface area (Å²) in [6, 6.07) is 4.13. The predicted octanol–water partition coefficient (Wildman–Crippen LogP) is 1.61. The highest BCUT2D eigenvalue weighted by Crippen LogP contribution is 2.17. The first kappa shape index (κ1) is 11.7. The van der Waals surface area contributed by atoms with Crippen molar-refractivity contribution in [2.75, 3.05) is 13.1 Å². The van der Waals surface area contributed by atoms with Gasteiger partial charge in [-0.3, -0.25) is 4.98 Å². The molecule has 0 bridgehead atoms. The smallest absolute Gasteiger partial charge is 0.0303 e. The summed E-state index contributed by atoms with van der Waals surface area (Å²) in [7, 11) is 0. The molecule has 1 fully saturated rings. The fraction of sp³-hybridized carbons (Fsp3) is 0.375. The maximum atomic E-state index is 4.06. The average Bonchev–Trinajstić information content (AvgIpc) is 1.86. The van der Waals surface area contributed by atoms with Gasteiger partial charge in [-0.15, -0.1) is 24.8 Å². The first-order chi connectivity index (χ1) is 4.97. The van der Waals surface area contributed by atoms with Crippen LogP contribution in [0.3, 0.4) is 0 Å². The maximum Gasteiger partial charge on any atom is 0.0303 e. The quantitative estimate of drug-likeness (QED) is 0.756. The van der Waals surface area contributed by atoms with Gasteiger partial charge in [-0.2, -0.15) is 0 Å². The number of pyridine rings is 1. The Labute approximate surface area is 84.6 Å². The highest BCUT2D eigenvalue weighted by atomic mass is 35.5. The Morgan fingerprint density at radius 1 is 1.33 bits per heavy atom. The van der Waals surface area contributed by atoms with Crippen LogP contribution >= 0.6 is 24.8 Å². The van der Waals surface area contributed by atoms with E-state index >= 15 is 0 Å². The van der Waals surface area contributed by atoms with Gasteiger partial charge in [0.1, 0.15) is 0 Å². The van der Waals surface area contributed by atoms with E-state index in [-0.39, 0.29) is 24.8 Å². The fourth-order valence-electron chi connectivity index (χ4n) is 1.14. The largest absolute Gasteiger partial charge is 0.315 e. The highest BCUT2D eigenvalue weighted by Gasteiger charge is 2.17. The SMILES string of the molecule is Cl.Cl.c1cncc(C2CNC2)c1. The topological polar surface area (TPSA) is 24.9 Å². The third-order valence-electron chi connectivity index (χ3n) is 1.94. The molecule has 1 aliphatic rings. The zero-order valence-corrected chi connectivity index (χ0v) is 8.20. The summed E-state index contributed by atoms with van der Waals surface area (Å²) < 4.78 is 0. The van der Waals surface area contributed by atoms with Gasteiger partial charge in [0, 0.05) is 31.4 Å². The van der Waals surface area contributed by atoms with Crippen LogP contribution in [0.25, 0.3) is 0 Å². The van der Waals surface area contributed by atoms with Gasteiger partial charge >= 0.3 is 0 Å². The van der Waals surface area contributed by atoms with Gasteiger partial charge in [-0.1, -0.05) is 6.07 Å². The normalized spacial score (nSPS) is 15.3. The maximum absolute atomic E-state index is 4.06. The van der Waals surface area contributed by atoms with Crippen LogP contribution in [0.4, 0.5) is 0 Å². The molecule has 2 nitrogen and oxygen atoms in total. The lowest BCUT2D eigenvalue weighted by Crippen LogP contribution is -2.39. The van der Waals surface area contributed by atoms with E-state index in [0.29, 0.717) is 5.92 Å². The van der Waals surface area contributed by atoms with Crippen LogP contribution in [-0.4, -0.2) is 18.1 Å². The van der Waals surface area contributed by atoms with Crippen molar-refractivity contribution in [1.82, 2.24) is 10.3 Å². The van der Waals surface area contributed by atoms with E-state index in [4.69, 9.17) is 0 Å². The molecule has 1 aromatic rings. The Balaban J connectivity index is 0.000000605. The van der Waals surface area contributed by atoms with Crippen molar-refractivity contribution >= 4 is 24.8 Å². The molecule has 0 unspecified atom stereocenters. The van der Waals surface area contributed by atoms with Gasteiger partial charge in [-0.25, -0.2) is 0 Å². The van der Waals surface area contributed by atoms with Crippen molar-refractivity contribution in [3.05, 3.63) is 30.1 Å². The average molecular weight is 207 g/mol. The van der Waals surface area contributed by atoms with Gasteiger partial charge in [0.05, 0.1) is 0 Å². The Hall–Kier alpha value is -0.310. The molecule has 0 atom stereocenters. The van der Waals surface area contributed by atoms with Crippen LogP contribution < -0.4 is 5.32 Å². The molecule has 1 saturated heterocycles. The molecule has 4 heteroatoms. The van der Waals surface area contributed by atoms with E-state index in [1.807, 2.05) is 18.5 Å². The van der Waals surface area contributed by atoms with Crippen molar-refractivity contribution in [2.24, 2.45) is 0 Å². The monoisotopic (exact) mass is 206 g/mol. The lowest BCUT2D eigenvalue weighted by Gasteiger charge is -2.26. The van der Waals surface area contributed by atoms with Gasteiger partial charge in [0.15, 0.2) is 0 Å². The minimum absolute atomic E-state index is 0. The number of aromatic nitrogens is 1. The molecule has 0 aliphatic carbocycles. The molecule has 12 heavy (non-hydrogen) atoms. The van der Waals surface area contributed by atoms with Crippen molar-refractivity contribution in [3.63, 3.8) is 0 Å². The molecule has 1 N–H and O–H groups in total. The summed E-state index contributed by atoms with van der Waals surface area (Å²) in [5.41, 5.74) is 1.36. The molecule has 0 aromatic carbocycles. The van der Waals surface area contributed by atoms with Crippen LogP contribution in [0.5, 0.6) is 0 Å². The lowest BCUT2D eigenvalue weighted by molar-refractivity contribution is 0.447. The standard InChI is InChI=1S/C8H10N2.2ClH/c1-2-7(4-9-3-1)8-5-10-6-8;;/h1-4,8,10H,5-6H2;2*1H. The Bertz CT molecular complexity index is 212. The number of hydrogen-bond acceptors (Lipinski definition) is 2. The minimum atomic E-state index is 0. The summed E-state index contributed by atoms with van der Waals surface area (Å²) in [5, 5.41) is 3.23. The first-order valence-electron chi connectivity index (χ1n) is 3.57. The molecule has 1 aromatic heterocycles. The molecule has 68 valence electrons. The van der Waals surface area contributed by atoms with Crippen LogP contribution in [-0.2, 0) is 0 Å². The predicted molar refractivity (Wildman–Crippen MR) is 54.3 cm³/mol. The van der Waals surface area contributed by atoms with Crippen LogP contribution in [0, 0.1) is 0 Å². The van der Waals surface area contributed by atoms with Gasteiger partial charge in [0.2, 0.25) is 0 Å². The van der Waals surface area contributed by atoms with Crippen molar-refractivity contribution in [1.29, 1.82) is 0 Å². The molecule has 2 rings (SSSR count). The molecule has 0 amide bonds. The van der Waals surface area contributed by atoms with Crippen molar-refractivity contribution in [2.45, 2.75) is 5.92 Å². The highest BCUT2D eigenvalue weighted by molar-refractivity contribution is 5.85. The Morgan fingerprint density at radius 2 is 2.08 bits per heavy atom. The zero-order valence-electron chi connectivity index (χ0n) is 6.56. The molecule has 2 heterocycles. The van der Waals surface area contributed by atoms with E-state index < -0.39 is 0 Å². The van der Waals surface area contributed by atoms with E-state index in [0.717, 1.165) is 13.1 Å². The van der Waals surface area contributed by atoms with Gasteiger partial charge in [-0.05, 0) is 11.6 Å². The Kier molecular flexibility index (Phi) is 5.22. The molecule has 1 aliphatic heterocycles. The fourth-order valence-corrected chi connectivity index (χ4v) is 1.14. The van der Waals surface area contributed by atoms with Gasteiger partial charge < -0.3 is 5.32 Å². The number of nitrogens with zero attached hydrogens (tertiary/aromatic N) is 1. The second-order valence-electron chi connectivity index (χ2n) is 2.64. The number of halogens is 2. The summed E-state index contributed by atoms with van der Waals surface area (Å²) in [6.07, 6.45) is 3.76. The van der Waals surface area contributed by atoms with Crippen LogP contribution in [0.1, 0.15) is 11.5 Å². The molecule has 0 saturated carbocycles. The van der Waals surface area contributed by atoms with Crippen molar-refractivity contribution < 1.29 is 0 Å². The molecular weight excluding hydrogens is 195 g/mol. The third kappa shape index (κ3) is 2.34. The zero-order chi connectivity index (χ0) is 6.81. The van der Waals surface area contributed by atoms with E-state index in [1.165, 1.54) is 5.56 Å². The summed E-state index contributed by atoms with van der Waals surface area (Å²) in [5.74, 6) is 0.716. The van der Waals surface area contributed by atoms with Gasteiger partial charge in [0.25, 0.3) is 0 Å². The van der Waals surface area contributed by atoms with E-state index in [2.05, 4.69) is 16.4 Å². The third-order valence-corrected chi connectivity index (χ3v) is 1.94. The molecular formula is C8H12Cl2N2. The summed E-state index contributed by atoms with van der Waals surface area (Å²) in [4.78, 5) is 4.06. The number of rotatable bonds is 1. The van der Waals surface area contributed by atoms with Crippen LogP contribution in [0.2, 0.25) is 0 Å². The van der Waals surface area contributed by atoms with E-state index in [9.17, 15) is 0 Å². The van der Waals surface area contributed by atoms with E-state index in [1.54, 1.807) is 0 Å². The second-order valence-corrected chi connectivity index (χ2v) is 2.64. The second kappa shape index (κ2) is 5.36. The number of nitrogens with one attached hydrogen (secondary N) is 1. The van der Waals surface area contributed by atoms with Crippen LogP contribution in [0.15, 0.2) is 24.5 Å². The molecule has 0 spiro atoms. The Morgan fingerprint density at radius 3 is 2.50 bits per heavy atom. The number of hydrogen-bond donors (Lipinski definition) is 1. The summed E-state index contributed by atoms with van der Waals surface area (Å²) in [6.45, 7) is 2.23. The minimum Gasteiger partial charge on any atom is -0.315 e. The first-order valence-corrected chi connectivity index (χ1v) is 3.57. The lowest BCUT2D eigenvalue weighted by atomic mass is 9.96. The summed E-state index contributed by atoms with van der Waals surface area (Å²) >= 11 is 0. The molecule has 0 radical (unpaired) electrons. The van der Waals surface area contributed by atoms with Crippen molar-refractivity contribution in [3.8, 4) is 0 Å².